The van der Waals surface area contributed by atoms with Crippen LogP contribution in [0.5, 0.6) is 0 Å². The third kappa shape index (κ3) is 4.34. The van der Waals surface area contributed by atoms with Crippen LogP contribution in [0.4, 0.5) is 8.78 Å². The second kappa shape index (κ2) is 9.42. The number of ether oxygens (including phenoxy) is 1. The first-order valence-electron chi connectivity index (χ1n) is 9.30. The maximum absolute atomic E-state index is 13.8. The van der Waals surface area contributed by atoms with E-state index in [1.807, 2.05) is 17.7 Å². The molecule has 0 aliphatic carbocycles. The monoisotopic (exact) mass is 404 g/mol. The zero-order valence-corrected chi connectivity index (χ0v) is 16.0. The normalized spacial score (nSPS) is 14.3. The van der Waals surface area contributed by atoms with Crippen molar-refractivity contribution in [3.63, 3.8) is 0 Å². The lowest BCUT2D eigenvalue weighted by Gasteiger charge is -2.25. The van der Waals surface area contributed by atoms with E-state index in [-0.39, 0.29) is 12.5 Å². The average Bonchev–Trinajstić information content (AvgIpc) is 3.37. The van der Waals surface area contributed by atoms with Gasteiger partial charge in [-0.2, -0.15) is 0 Å². The molecule has 1 aliphatic heterocycles. The molecule has 7 nitrogen and oxygen atoms in total. The molecule has 9 heteroatoms. The predicted molar refractivity (Wildman–Crippen MR) is 102 cm³/mol. The van der Waals surface area contributed by atoms with Crippen molar-refractivity contribution < 1.29 is 23.4 Å². The maximum Gasteiger partial charge on any atom is 0.290 e. The van der Waals surface area contributed by atoms with Crippen LogP contribution in [0.2, 0.25) is 0 Å². The highest BCUT2D eigenvalue weighted by atomic mass is 19.2. The Morgan fingerprint density at radius 1 is 1.24 bits per heavy atom. The fraction of sp³-hybridized carbons (Fsp3) is 0.350. The molecule has 0 atom stereocenters. The van der Waals surface area contributed by atoms with Gasteiger partial charge in [-0.25, -0.2) is 18.7 Å². The lowest BCUT2D eigenvalue weighted by atomic mass is 10.1. The minimum atomic E-state index is -0.882. The first-order valence-corrected chi connectivity index (χ1v) is 9.30. The van der Waals surface area contributed by atoms with Gasteiger partial charge in [-0.15, -0.1) is 0 Å². The summed E-state index contributed by atoms with van der Waals surface area (Å²) in [4.78, 5) is 17.4. The number of halogens is 2. The van der Waals surface area contributed by atoms with Crippen molar-refractivity contribution in [2.75, 3.05) is 13.2 Å². The number of hydrogen-bond donors (Lipinski definition) is 1. The number of rotatable bonds is 4. The van der Waals surface area contributed by atoms with Crippen molar-refractivity contribution in [3.8, 4) is 22.8 Å². The van der Waals surface area contributed by atoms with Gasteiger partial charge >= 0.3 is 0 Å². The fourth-order valence-electron chi connectivity index (χ4n) is 3.46. The summed E-state index contributed by atoms with van der Waals surface area (Å²) >= 11 is 0. The molecule has 0 spiro atoms. The highest BCUT2D eigenvalue weighted by Crippen LogP contribution is 2.35. The van der Waals surface area contributed by atoms with Crippen LogP contribution in [0.1, 0.15) is 25.8 Å². The summed E-state index contributed by atoms with van der Waals surface area (Å²) in [5, 5.41) is 6.89. The van der Waals surface area contributed by atoms with E-state index in [2.05, 4.69) is 14.5 Å². The minimum absolute atomic E-state index is 0.243. The van der Waals surface area contributed by atoms with Gasteiger partial charge in [0, 0.05) is 43.8 Å². The zero-order chi connectivity index (χ0) is 20.8. The number of hydrogen-bond acceptors (Lipinski definition) is 4. The summed E-state index contributed by atoms with van der Waals surface area (Å²) in [5.41, 5.74) is 1.97. The number of carbonyl (C=O) groups is 1. The van der Waals surface area contributed by atoms with E-state index in [1.165, 1.54) is 6.07 Å². The van der Waals surface area contributed by atoms with E-state index in [0.29, 0.717) is 24.5 Å². The van der Waals surface area contributed by atoms with Crippen molar-refractivity contribution in [3.05, 3.63) is 48.6 Å². The van der Waals surface area contributed by atoms with Gasteiger partial charge in [0.25, 0.3) is 6.47 Å². The van der Waals surface area contributed by atoms with Crippen LogP contribution in [0.25, 0.3) is 22.8 Å². The van der Waals surface area contributed by atoms with Gasteiger partial charge in [0.15, 0.2) is 17.5 Å². The van der Waals surface area contributed by atoms with Crippen LogP contribution in [-0.2, 0) is 16.1 Å². The largest absolute Gasteiger partial charge is 0.483 e. The minimum Gasteiger partial charge on any atom is -0.483 e. The fourth-order valence-corrected chi connectivity index (χ4v) is 3.46. The molecule has 4 rings (SSSR count). The standard InChI is InChI=1S/C19H20F2N4O.CH2O2/c1-2-24-8-7-22-19(24)18-17(13-3-4-15(20)16(21)11-13)23-12-25(18)14-5-9-26-10-6-14;2-1-3/h3-4,7-8,11-12,14H,2,5-6,9-10H2,1H3;1H,(H,2,3). The van der Waals surface area contributed by atoms with Crippen molar-refractivity contribution in [2.45, 2.75) is 32.4 Å². The summed E-state index contributed by atoms with van der Waals surface area (Å²) < 4.78 is 36.8. The van der Waals surface area contributed by atoms with Crippen LogP contribution in [0.3, 0.4) is 0 Å². The Morgan fingerprint density at radius 2 is 1.97 bits per heavy atom. The van der Waals surface area contributed by atoms with Gasteiger partial charge in [-0.05, 0) is 38.0 Å². The van der Waals surface area contributed by atoms with Gasteiger partial charge in [-0.1, -0.05) is 0 Å². The molecule has 1 N–H and O–H groups in total. The summed E-state index contributed by atoms with van der Waals surface area (Å²) in [7, 11) is 0. The van der Waals surface area contributed by atoms with E-state index >= 15 is 0 Å². The predicted octanol–water partition coefficient (Wildman–Crippen LogP) is 3.76. The lowest BCUT2D eigenvalue weighted by molar-refractivity contribution is -0.122. The van der Waals surface area contributed by atoms with Crippen molar-refractivity contribution in [1.29, 1.82) is 0 Å². The van der Waals surface area contributed by atoms with E-state index in [9.17, 15) is 8.78 Å². The summed E-state index contributed by atoms with van der Waals surface area (Å²) in [5.74, 6) is -0.974. The quantitative estimate of drug-likeness (QED) is 0.670. The Hall–Kier alpha value is -3.07. The summed E-state index contributed by atoms with van der Waals surface area (Å²) in [6.07, 6.45) is 7.19. The molecule has 3 heterocycles. The lowest BCUT2D eigenvalue weighted by Crippen LogP contribution is -2.20. The second-order valence-electron chi connectivity index (χ2n) is 6.46. The molecule has 2 aromatic heterocycles. The average molecular weight is 404 g/mol. The third-order valence-corrected chi connectivity index (χ3v) is 4.84. The highest BCUT2D eigenvalue weighted by Gasteiger charge is 2.25. The number of imidazole rings is 2. The van der Waals surface area contributed by atoms with Crippen LogP contribution >= 0.6 is 0 Å². The van der Waals surface area contributed by atoms with Crippen molar-refractivity contribution in [2.24, 2.45) is 0 Å². The molecule has 29 heavy (non-hydrogen) atoms. The van der Waals surface area contributed by atoms with E-state index in [0.717, 1.165) is 37.0 Å². The Labute approximate surface area is 166 Å². The molecule has 0 saturated carbocycles. The summed E-state index contributed by atoms with van der Waals surface area (Å²) in [6.45, 7) is 3.94. The molecule has 3 aromatic rings. The van der Waals surface area contributed by atoms with Gasteiger partial charge < -0.3 is 19.0 Å². The van der Waals surface area contributed by atoms with Crippen molar-refractivity contribution >= 4 is 6.47 Å². The maximum atomic E-state index is 13.8. The Bertz CT molecular complexity index is 965. The molecule has 0 bridgehead atoms. The molecule has 0 amide bonds. The molecule has 1 aliphatic rings. The molecule has 1 fully saturated rings. The van der Waals surface area contributed by atoms with Gasteiger partial charge in [0.2, 0.25) is 0 Å². The number of benzene rings is 1. The Kier molecular flexibility index (Phi) is 6.71. The van der Waals surface area contributed by atoms with Crippen LogP contribution < -0.4 is 0 Å². The van der Waals surface area contributed by atoms with Crippen LogP contribution in [-0.4, -0.2) is 43.9 Å². The zero-order valence-electron chi connectivity index (χ0n) is 16.0. The first kappa shape index (κ1) is 20.7. The molecule has 0 unspecified atom stereocenters. The third-order valence-electron chi connectivity index (χ3n) is 4.84. The smallest absolute Gasteiger partial charge is 0.290 e. The van der Waals surface area contributed by atoms with Crippen LogP contribution in [0.15, 0.2) is 36.9 Å². The summed E-state index contributed by atoms with van der Waals surface area (Å²) in [6, 6.07) is 4.12. The Morgan fingerprint density at radius 3 is 2.62 bits per heavy atom. The molecule has 1 aromatic carbocycles. The number of aromatic nitrogens is 4. The number of carboxylic acid groups (broad SMARTS) is 1. The van der Waals surface area contributed by atoms with Crippen molar-refractivity contribution in [1.82, 2.24) is 19.1 Å². The molecular formula is C20H22F2N4O3. The number of nitrogens with zero attached hydrogens (tertiary/aromatic N) is 4. The second-order valence-corrected chi connectivity index (χ2v) is 6.46. The van der Waals surface area contributed by atoms with Gasteiger partial charge in [0.1, 0.15) is 5.69 Å². The van der Waals surface area contributed by atoms with Gasteiger partial charge in [0.05, 0.1) is 12.0 Å². The first-order chi connectivity index (χ1) is 14.1. The Balaban J connectivity index is 0.000000755. The molecule has 0 radical (unpaired) electrons. The van der Waals surface area contributed by atoms with E-state index < -0.39 is 11.6 Å². The molecular weight excluding hydrogens is 382 g/mol. The van der Waals surface area contributed by atoms with Gasteiger partial charge in [-0.3, -0.25) is 4.79 Å². The SMILES string of the molecule is CCn1ccnc1-c1c(-c2ccc(F)c(F)c2)ncn1C1CCOCC1.O=CO. The van der Waals surface area contributed by atoms with E-state index in [1.54, 1.807) is 18.6 Å². The topological polar surface area (TPSA) is 82.2 Å². The highest BCUT2D eigenvalue weighted by molar-refractivity contribution is 5.75. The molecule has 154 valence electrons. The van der Waals surface area contributed by atoms with Crippen LogP contribution in [0, 0.1) is 11.6 Å². The van der Waals surface area contributed by atoms with E-state index in [4.69, 9.17) is 14.6 Å². The number of aryl methyl sites for hydroxylation is 1. The molecule has 1 saturated heterocycles.